The number of benzene rings is 1. The summed E-state index contributed by atoms with van der Waals surface area (Å²) in [5, 5.41) is 6.79. The number of carbonyl (C=O) groups is 1. The van der Waals surface area contributed by atoms with Crippen molar-refractivity contribution in [3.63, 3.8) is 0 Å². The maximum Gasteiger partial charge on any atom is 0.243 e. The van der Waals surface area contributed by atoms with E-state index >= 15 is 0 Å². The van der Waals surface area contributed by atoms with Crippen LogP contribution in [-0.2, 0) is 4.79 Å². The number of carbonyl (C=O) groups excluding carboxylic acids is 1. The van der Waals surface area contributed by atoms with Gasteiger partial charge in [0.25, 0.3) is 0 Å². The lowest BCUT2D eigenvalue weighted by molar-refractivity contribution is -0.127. The van der Waals surface area contributed by atoms with Crippen LogP contribution in [0.2, 0.25) is 0 Å². The molecule has 8 heteroatoms. The lowest BCUT2D eigenvalue weighted by Gasteiger charge is -2.35. The maximum atomic E-state index is 11.9. The fraction of sp³-hybridized carbons (Fsp3) is 0.636. The van der Waals surface area contributed by atoms with E-state index in [1.165, 1.54) is 24.8 Å². The van der Waals surface area contributed by atoms with Gasteiger partial charge in [0.2, 0.25) is 5.91 Å². The number of hydrogen-bond donors (Lipinski definition) is 2. The van der Waals surface area contributed by atoms with Crippen LogP contribution in [0.25, 0.3) is 0 Å². The molecular weight excluding hydrogens is 493 g/mol. The fourth-order valence-corrected chi connectivity index (χ4v) is 3.41. The Balaban J connectivity index is 0.00000450. The smallest absolute Gasteiger partial charge is 0.243 e. The topological polar surface area (TPSA) is 69.2 Å². The molecule has 2 rings (SSSR count). The van der Waals surface area contributed by atoms with Crippen LogP contribution in [0.4, 0.5) is 0 Å². The summed E-state index contributed by atoms with van der Waals surface area (Å²) in [5.74, 6) is 1.55. The molecule has 0 radical (unpaired) electrons. The molecule has 1 heterocycles. The summed E-state index contributed by atoms with van der Waals surface area (Å²) >= 11 is 0. The summed E-state index contributed by atoms with van der Waals surface area (Å²) in [6.07, 6.45) is 4.77. The van der Waals surface area contributed by atoms with Gasteiger partial charge in [-0.1, -0.05) is 25.5 Å². The van der Waals surface area contributed by atoms with Crippen LogP contribution in [0.5, 0.6) is 5.75 Å². The zero-order valence-electron chi connectivity index (χ0n) is 18.8. The molecule has 1 aromatic carbocycles. The molecule has 1 aliphatic heterocycles. The zero-order chi connectivity index (χ0) is 21.1. The molecule has 30 heavy (non-hydrogen) atoms. The number of nitrogens with zero attached hydrogens (tertiary/aromatic N) is 3. The number of rotatable bonds is 9. The van der Waals surface area contributed by atoms with Crippen LogP contribution in [0.15, 0.2) is 29.3 Å². The van der Waals surface area contributed by atoms with Crippen molar-refractivity contribution in [2.75, 3.05) is 53.9 Å². The van der Waals surface area contributed by atoms with Crippen LogP contribution >= 0.6 is 24.0 Å². The van der Waals surface area contributed by atoms with Crippen molar-refractivity contribution in [1.82, 2.24) is 20.4 Å². The minimum absolute atomic E-state index is 0. The Labute approximate surface area is 198 Å². The Kier molecular flexibility index (Phi) is 12.8. The highest BCUT2D eigenvalue weighted by Crippen LogP contribution is 2.25. The second-order valence-electron chi connectivity index (χ2n) is 7.65. The largest absolute Gasteiger partial charge is 0.497 e. The highest BCUT2D eigenvalue weighted by atomic mass is 127. The molecule has 1 atom stereocenters. The first-order valence-corrected chi connectivity index (χ1v) is 10.7. The van der Waals surface area contributed by atoms with E-state index in [4.69, 9.17) is 4.74 Å². The summed E-state index contributed by atoms with van der Waals surface area (Å²) < 4.78 is 5.32. The van der Waals surface area contributed by atoms with Gasteiger partial charge >= 0.3 is 0 Å². The molecule has 170 valence electrons. The molecule has 1 saturated heterocycles. The second kappa shape index (κ2) is 14.5. The third-order valence-electron chi connectivity index (χ3n) is 5.21. The molecule has 0 aromatic heterocycles. The Morgan fingerprint density at radius 1 is 1.17 bits per heavy atom. The quantitative estimate of drug-likeness (QED) is 0.292. The number of amides is 1. The van der Waals surface area contributed by atoms with Crippen molar-refractivity contribution < 1.29 is 9.53 Å². The number of likely N-dealkylation sites (tertiary alicyclic amines) is 1. The van der Waals surface area contributed by atoms with Gasteiger partial charge in [0, 0.05) is 27.2 Å². The summed E-state index contributed by atoms with van der Waals surface area (Å²) in [5.41, 5.74) is 1.26. The number of halogens is 1. The zero-order valence-corrected chi connectivity index (χ0v) is 21.1. The number of piperidine rings is 1. The van der Waals surface area contributed by atoms with Gasteiger partial charge < -0.3 is 20.3 Å². The van der Waals surface area contributed by atoms with Crippen LogP contribution in [0, 0.1) is 0 Å². The molecule has 1 amide bonds. The standard InChI is InChI=1S/C22H37N5O2.HI/c1-5-13-23-22(25-17-21(28)26(2)3)24-16-20(27-14-7-6-8-15-27)18-9-11-19(29-4)12-10-18;/h9-12,20H,5-8,13-17H2,1-4H3,(H2,23,24,25);1H. The molecule has 0 saturated carbocycles. The van der Waals surface area contributed by atoms with E-state index in [-0.39, 0.29) is 42.5 Å². The van der Waals surface area contributed by atoms with E-state index in [9.17, 15) is 4.79 Å². The first-order valence-electron chi connectivity index (χ1n) is 10.7. The van der Waals surface area contributed by atoms with E-state index in [1.54, 1.807) is 26.1 Å². The van der Waals surface area contributed by atoms with Crippen molar-refractivity contribution in [3.05, 3.63) is 29.8 Å². The highest BCUT2D eigenvalue weighted by Gasteiger charge is 2.22. The van der Waals surface area contributed by atoms with Crippen molar-refractivity contribution in [1.29, 1.82) is 0 Å². The van der Waals surface area contributed by atoms with Crippen molar-refractivity contribution in [2.45, 2.75) is 38.6 Å². The van der Waals surface area contributed by atoms with Crippen LogP contribution in [0.1, 0.15) is 44.2 Å². The molecular formula is C22H38IN5O2. The fourth-order valence-electron chi connectivity index (χ4n) is 3.41. The highest BCUT2D eigenvalue weighted by molar-refractivity contribution is 14.0. The van der Waals surface area contributed by atoms with Crippen LogP contribution in [0.3, 0.4) is 0 Å². The lowest BCUT2D eigenvalue weighted by atomic mass is 10.0. The van der Waals surface area contributed by atoms with Gasteiger partial charge in [-0.2, -0.15) is 0 Å². The summed E-state index contributed by atoms with van der Waals surface area (Å²) in [4.78, 5) is 20.5. The van der Waals surface area contributed by atoms with Gasteiger partial charge in [0.1, 0.15) is 12.3 Å². The van der Waals surface area contributed by atoms with Gasteiger partial charge in [0.05, 0.1) is 13.2 Å². The molecule has 2 N–H and O–H groups in total. The molecule has 0 aliphatic carbocycles. The van der Waals surface area contributed by atoms with Crippen molar-refractivity contribution in [3.8, 4) is 5.75 Å². The van der Waals surface area contributed by atoms with E-state index in [0.29, 0.717) is 5.96 Å². The van der Waals surface area contributed by atoms with Gasteiger partial charge in [0.15, 0.2) is 5.96 Å². The molecule has 1 fully saturated rings. The number of ether oxygens (including phenoxy) is 1. The predicted octanol–water partition coefficient (Wildman–Crippen LogP) is 2.87. The van der Waals surface area contributed by atoms with Crippen molar-refractivity contribution in [2.24, 2.45) is 4.99 Å². The SMILES string of the molecule is CCCNC(=NCC(=O)N(C)C)NCC(c1ccc(OC)cc1)N1CCCCC1.I. The van der Waals surface area contributed by atoms with Gasteiger partial charge in [-0.25, -0.2) is 4.99 Å². The minimum Gasteiger partial charge on any atom is -0.497 e. The number of nitrogens with one attached hydrogen (secondary N) is 2. The molecule has 7 nitrogen and oxygen atoms in total. The molecule has 0 bridgehead atoms. The molecule has 1 aliphatic rings. The monoisotopic (exact) mass is 531 g/mol. The van der Waals surface area contributed by atoms with Crippen molar-refractivity contribution >= 4 is 35.8 Å². The second-order valence-corrected chi connectivity index (χ2v) is 7.65. The minimum atomic E-state index is -0.00895. The van der Waals surface area contributed by atoms with Crippen LogP contribution < -0.4 is 15.4 Å². The number of aliphatic imine (C=N–C) groups is 1. The van der Waals surface area contributed by atoms with E-state index in [1.807, 2.05) is 12.1 Å². The lowest BCUT2D eigenvalue weighted by Crippen LogP contribution is -2.45. The number of hydrogen-bond acceptors (Lipinski definition) is 4. The van der Waals surface area contributed by atoms with Gasteiger partial charge in [-0.05, 0) is 50.0 Å². The maximum absolute atomic E-state index is 11.9. The van der Waals surface area contributed by atoms with Gasteiger partial charge in [-0.15, -0.1) is 24.0 Å². The summed E-state index contributed by atoms with van der Waals surface area (Å²) in [7, 11) is 5.19. The van der Waals surface area contributed by atoms with E-state index in [0.717, 1.165) is 38.3 Å². The first kappa shape index (κ1) is 26.5. The number of likely N-dealkylation sites (N-methyl/N-ethyl adjacent to an activating group) is 1. The number of guanidine groups is 1. The average Bonchev–Trinajstić information content (AvgIpc) is 2.76. The third-order valence-corrected chi connectivity index (χ3v) is 5.21. The van der Waals surface area contributed by atoms with Crippen LogP contribution in [-0.4, -0.2) is 75.6 Å². The normalized spacial score (nSPS) is 15.7. The average molecular weight is 531 g/mol. The first-order chi connectivity index (χ1) is 14.0. The Hall–Kier alpha value is -1.55. The molecule has 0 spiro atoms. The van der Waals surface area contributed by atoms with Gasteiger partial charge in [-0.3, -0.25) is 9.69 Å². The van der Waals surface area contributed by atoms with E-state index in [2.05, 4.69) is 39.6 Å². The Bertz CT molecular complexity index is 645. The van der Waals surface area contributed by atoms with E-state index < -0.39 is 0 Å². The Morgan fingerprint density at radius 3 is 2.40 bits per heavy atom. The summed E-state index contributed by atoms with van der Waals surface area (Å²) in [6.45, 7) is 6.02. The predicted molar refractivity (Wildman–Crippen MR) is 134 cm³/mol. The summed E-state index contributed by atoms with van der Waals surface area (Å²) in [6, 6.07) is 8.58. The number of methoxy groups -OCH3 is 1. The third kappa shape index (κ3) is 8.67. The molecule has 1 aromatic rings. The molecule has 1 unspecified atom stereocenters. The Morgan fingerprint density at radius 2 is 1.83 bits per heavy atom.